The van der Waals surface area contributed by atoms with E-state index in [2.05, 4.69) is 10.2 Å². The first-order chi connectivity index (χ1) is 12.3. The summed E-state index contributed by atoms with van der Waals surface area (Å²) < 4.78 is 5.74. The molecular formula is C15H16N3NaO6S2. The number of aliphatic hydroxyl groups is 1. The summed E-state index contributed by atoms with van der Waals surface area (Å²) in [5, 5.41) is 29.2. The van der Waals surface area contributed by atoms with Gasteiger partial charge in [0.2, 0.25) is 5.91 Å². The number of aliphatic carboxylic acids is 1. The number of carbonyl (C=O) groups is 3. The second kappa shape index (κ2) is 9.01. The summed E-state index contributed by atoms with van der Waals surface area (Å²) in [6.07, 6.45) is -0.943. The van der Waals surface area contributed by atoms with Gasteiger partial charge in [0.05, 0.1) is 36.3 Å². The van der Waals surface area contributed by atoms with Gasteiger partial charge < -0.3 is 24.6 Å². The van der Waals surface area contributed by atoms with Gasteiger partial charge in [-0.25, -0.2) is 0 Å². The second-order valence-electron chi connectivity index (χ2n) is 6.03. The molecule has 2 aliphatic rings. The number of amides is 1. The van der Waals surface area contributed by atoms with Crippen molar-refractivity contribution in [3.63, 3.8) is 0 Å². The number of aromatic nitrogens is 2. The van der Waals surface area contributed by atoms with Crippen molar-refractivity contribution in [1.29, 1.82) is 0 Å². The fraction of sp³-hybridized carbons (Fsp3) is 0.533. The van der Waals surface area contributed by atoms with Crippen LogP contribution in [0.3, 0.4) is 0 Å². The van der Waals surface area contributed by atoms with Gasteiger partial charge in [-0.2, -0.15) is 0 Å². The third kappa shape index (κ3) is 4.22. The molecule has 1 aromatic rings. The summed E-state index contributed by atoms with van der Waals surface area (Å²) in [5.41, 5.74) is 1.79. The molecule has 2 aliphatic heterocycles. The van der Waals surface area contributed by atoms with Crippen LogP contribution in [0.15, 0.2) is 21.1 Å². The predicted octanol–water partition coefficient (Wildman–Crippen LogP) is -3.96. The third-order valence-corrected chi connectivity index (χ3v) is 6.37. The van der Waals surface area contributed by atoms with Crippen LogP contribution in [0.2, 0.25) is 0 Å². The molecule has 0 bridgehead atoms. The maximum Gasteiger partial charge on any atom is 1.00 e. The van der Waals surface area contributed by atoms with E-state index in [0.717, 1.165) is 4.90 Å². The van der Waals surface area contributed by atoms with Gasteiger partial charge in [0.25, 0.3) is 0 Å². The van der Waals surface area contributed by atoms with Crippen molar-refractivity contribution in [2.45, 2.75) is 30.3 Å². The zero-order valence-electron chi connectivity index (χ0n) is 14.9. The standard InChI is InChI=1S/C15H17N3O6S2.Na/c1-6(19)10-11-8(3-24-7(2)20)9(4-25-15-17-16-5-26-15)12(14(22)23)18(11)13(10)21;/h5-6,8,10-11,19H,3-4H2,1-2H3,(H,22,23);/q;+1/p-1/t6-,8+,10-,11+;/m1./s1. The Labute approximate surface area is 185 Å². The molecule has 0 saturated carbocycles. The molecule has 1 aromatic heterocycles. The summed E-state index contributed by atoms with van der Waals surface area (Å²) in [4.78, 5) is 36.5. The summed E-state index contributed by atoms with van der Waals surface area (Å²) in [6.45, 7) is 2.66. The summed E-state index contributed by atoms with van der Waals surface area (Å²) >= 11 is 2.59. The van der Waals surface area contributed by atoms with Crippen LogP contribution >= 0.6 is 23.1 Å². The molecule has 0 aromatic carbocycles. The molecule has 1 N–H and O–H groups in total. The Kier molecular flexibility index (Phi) is 7.45. The van der Waals surface area contributed by atoms with E-state index in [1.165, 1.54) is 36.9 Å². The minimum atomic E-state index is -1.47. The molecule has 4 atom stereocenters. The number of esters is 1. The maximum atomic E-state index is 12.4. The Morgan fingerprint density at radius 1 is 1.52 bits per heavy atom. The van der Waals surface area contributed by atoms with Crippen LogP contribution in [0.1, 0.15) is 13.8 Å². The van der Waals surface area contributed by atoms with Crippen molar-refractivity contribution in [1.82, 2.24) is 15.1 Å². The topological polar surface area (TPSA) is 133 Å². The molecule has 0 aliphatic carbocycles. The molecule has 0 unspecified atom stereocenters. The molecule has 1 fully saturated rings. The number of hydrogen-bond acceptors (Lipinski definition) is 10. The van der Waals surface area contributed by atoms with Crippen molar-refractivity contribution < 1.29 is 58.9 Å². The minimum absolute atomic E-state index is 0. The molecule has 27 heavy (non-hydrogen) atoms. The fourth-order valence-corrected chi connectivity index (χ4v) is 5.02. The van der Waals surface area contributed by atoms with Crippen LogP contribution in [-0.2, 0) is 19.1 Å². The smallest absolute Gasteiger partial charge is 0.543 e. The van der Waals surface area contributed by atoms with E-state index in [4.69, 9.17) is 4.74 Å². The number of carboxylic acids is 1. The molecular weight excluding hydrogens is 405 g/mol. The normalized spacial score (nSPS) is 24.8. The van der Waals surface area contributed by atoms with Crippen molar-refractivity contribution in [2.75, 3.05) is 12.4 Å². The van der Waals surface area contributed by atoms with Crippen LogP contribution in [0.4, 0.5) is 0 Å². The molecule has 9 nitrogen and oxygen atoms in total. The minimum Gasteiger partial charge on any atom is -0.543 e. The number of aliphatic hydroxyl groups excluding tert-OH is 1. The van der Waals surface area contributed by atoms with Gasteiger partial charge in [-0.3, -0.25) is 9.59 Å². The van der Waals surface area contributed by atoms with Crippen LogP contribution in [0.25, 0.3) is 0 Å². The SMILES string of the molecule is CC(=O)OC[C@H]1C(CSc2nncs2)=C(C(=O)[O-])N2C(=O)[C@H]([C@@H](C)O)[C@H]12.[Na+]. The number of hydrogen-bond donors (Lipinski definition) is 1. The molecule has 12 heteroatoms. The number of fused-ring (bicyclic) bond motifs is 1. The number of ether oxygens (including phenoxy) is 1. The number of β-lactam (4-membered cyclic amide) rings is 1. The van der Waals surface area contributed by atoms with E-state index in [1.54, 1.807) is 5.51 Å². The van der Waals surface area contributed by atoms with Crippen LogP contribution in [-0.4, -0.2) is 62.6 Å². The maximum absolute atomic E-state index is 12.4. The largest absolute Gasteiger partial charge is 1.00 e. The summed E-state index contributed by atoms with van der Waals surface area (Å²) in [6, 6.07) is -0.570. The van der Waals surface area contributed by atoms with E-state index < -0.39 is 41.8 Å². The van der Waals surface area contributed by atoms with Gasteiger partial charge in [-0.05, 0) is 12.5 Å². The van der Waals surface area contributed by atoms with Gasteiger partial charge in [0.15, 0.2) is 4.34 Å². The summed E-state index contributed by atoms with van der Waals surface area (Å²) in [5.74, 6) is -3.47. The van der Waals surface area contributed by atoms with Crippen LogP contribution in [0.5, 0.6) is 0 Å². The van der Waals surface area contributed by atoms with E-state index in [0.29, 0.717) is 9.91 Å². The molecule has 0 spiro atoms. The Morgan fingerprint density at radius 3 is 2.74 bits per heavy atom. The Balaban J connectivity index is 0.00000261. The molecule has 0 radical (unpaired) electrons. The van der Waals surface area contributed by atoms with E-state index in [-0.39, 0.29) is 47.6 Å². The number of thioether (sulfide) groups is 1. The third-order valence-electron chi connectivity index (χ3n) is 4.46. The number of nitrogens with zero attached hydrogens (tertiary/aromatic N) is 3. The number of carbonyl (C=O) groups excluding carboxylic acids is 3. The van der Waals surface area contributed by atoms with Gasteiger partial charge in [-0.1, -0.05) is 23.1 Å². The van der Waals surface area contributed by atoms with Gasteiger partial charge >= 0.3 is 35.5 Å². The zero-order chi connectivity index (χ0) is 19.0. The van der Waals surface area contributed by atoms with Crippen molar-refractivity contribution in [3.05, 3.63) is 16.8 Å². The van der Waals surface area contributed by atoms with E-state index in [9.17, 15) is 24.6 Å². The Hall–Kier alpha value is -0.980. The molecule has 140 valence electrons. The molecule has 1 saturated heterocycles. The molecule has 3 rings (SSSR count). The Morgan fingerprint density at radius 2 is 2.22 bits per heavy atom. The van der Waals surface area contributed by atoms with Gasteiger partial charge in [0.1, 0.15) is 5.51 Å². The molecule has 1 amide bonds. The number of carboxylic acid groups (broad SMARTS) is 1. The average Bonchev–Trinajstić information content (AvgIpc) is 3.14. The van der Waals surface area contributed by atoms with Crippen molar-refractivity contribution in [3.8, 4) is 0 Å². The van der Waals surface area contributed by atoms with Crippen LogP contribution in [0, 0.1) is 11.8 Å². The first-order valence-corrected chi connectivity index (χ1v) is 9.67. The average molecular weight is 421 g/mol. The van der Waals surface area contributed by atoms with Crippen molar-refractivity contribution in [2.24, 2.45) is 11.8 Å². The van der Waals surface area contributed by atoms with E-state index in [1.807, 2.05) is 0 Å². The predicted molar refractivity (Wildman–Crippen MR) is 88.6 cm³/mol. The first kappa shape index (κ1) is 22.3. The first-order valence-electron chi connectivity index (χ1n) is 7.80. The zero-order valence-corrected chi connectivity index (χ0v) is 18.6. The van der Waals surface area contributed by atoms with Crippen LogP contribution < -0.4 is 34.7 Å². The van der Waals surface area contributed by atoms with Gasteiger partial charge in [-0.15, -0.1) is 10.2 Å². The number of rotatable bonds is 7. The monoisotopic (exact) mass is 421 g/mol. The van der Waals surface area contributed by atoms with Crippen molar-refractivity contribution >= 4 is 40.9 Å². The Bertz CT molecular complexity index is 770. The van der Waals surface area contributed by atoms with E-state index >= 15 is 0 Å². The summed E-state index contributed by atoms with van der Waals surface area (Å²) in [7, 11) is 0. The second-order valence-corrected chi connectivity index (χ2v) is 8.08. The quantitative estimate of drug-likeness (QED) is 0.203. The van der Waals surface area contributed by atoms with Gasteiger partial charge in [0, 0.05) is 18.6 Å². The molecule has 3 heterocycles. The fourth-order valence-electron chi connectivity index (χ4n) is 3.43.